The summed E-state index contributed by atoms with van der Waals surface area (Å²) in [5.74, 6) is 0.251. The van der Waals surface area contributed by atoms with Crippen molar-refractivity contribution in [2.24, 2.45) is 0 Å². The molecule has 14 heavy (non-hydrogen) atoms. The number of rotatable bonds is 2. The molecular formula is C10H9BrO2S. The molecule has 74 valence electrons. The summed E-state index contributed by atoms with van der Waals surface area (Å²) in [5, 5.41) is 22.5. The summed E-state index contributed by atoms with van der Waals surface area (Å²) in [6.45, 7) is -0.0383. The van der Waals surface area contributed by atoms with Crippen molar-refractivity contribution >= 4 is 37.4 Å². The van der Waals surface area contributed by atoms with Crippen LogP contribution in [0.15, 0.2) is 17.5 Å². The smallest absolute Gasteiger partial charge is 0.121 e. The number of phenolic OH excluding ortho intramolecular Hbond substituents is 1. The summed E-state index contributed by atoms with van der Waals surface area (Å²) < 4.78 is 1.05. The van der Waals surface area contributed by atoms with Gasteiger partial charge in [0.05, 0.1) is 6.61 Å². The quantitative estimate of drug-likeness (QED) is 0.826. The van der Waals surface area contributed by atoms with Gasteiger partial charge in [-0.25, -0.2) is 0 Å². The number of aromatic hydroxyl groups is 1. The highest BCUT2D eigenvalue weighted by Gasteiger charge is 2.10. The summed E-state index contributed by atoms with van der Waals surface area (Å²) in [7, 11) is 0. The van der Waals surface area contributed by atoms with Crippen LogP contribution >= 0.6 is 27.3 Å². The molecule has 0 aliphatic carbocycles. The van der Waals surface area contributed by atoms with Crippen molar-refractivity contribution in [3.05, 3.63) is 28.6 Å². The van der Waals surface area contributed by atoms with Crippen molar-refractivity contribution < 1.29 is 10.2 Å². The Labute approximate surface area is 93.9 Å². The monoisotopic (exact) mass is 272 g/mol. The number of alkyl halides is 1. The zero-order valence-corrected chi connectivity index (χ0v) is 9.73. The molecule has 0 unspecified atom stereocenters. The predicted molar refractivity (Wildman–Crippen MR) is 62.0 cm³/mol. The maximum absolute atomic E-state index is 9.70. The average molecular weight is 273 g/mol. The van der Waals surface area contributed by atoms with E-state index in [4.69, 9.17) is 5.11 Å². The van der Waals surface area contributed by atoms with Crippen molar-refractivity contribution in [1.29, 1.82) is 0 Å². The number of benzene rings is 1. The third kappa shape index (κ3) is 1.43. The van der Waals surface area contributed by atoms with Crippen LogP contribution in [0.25, 0.3) is 10.1 Å². The molecule has 1 aromatic heterocycles. The van der Waals surface area contributed by atoms with E-state index in [0.717, 1.165) is 21.2 Å². The van der Waals surface area contributed by atoms with Crippen molar-refractivity contribution in [3.63, 3.8) is 0 Å². The minimum atomic E-state index is -0.0383. The molecule has 0 aliphatic heterocycles. The van der Waals surface area contributed by atoms with Crippen LogP contribution in [0.4, 0.5) is 0 Å². The number of aliphatic hydroxyl groups is 1. The Morgan fingerprint density at radius 1 is 1.43 bits per heavy atom. The molecule has 2 rings (SSSR count). The molecule has 2 N–H and O–H groups in total. The molecule has 2 nitrogen and oxygen atoms in total. The van der Waals surface area contributed by atoms with Crippen molar-refractivity contribution in [2.75, 3.05) is 0 Å². The van der Waals surface area contributed by atoms with Gasteiger partial charge in [0.1, 0.15) is 5.75 Å². The van der Waals surface area contributed by atoms with Gasteiger partial charge in [-0.2, -0.15) is 0 Å². The average Bonchev–Trinajstić information content (AvgIpc) is 2.65. The van der Waals surface area contributed by atoms with Crippen LogP contribution < -0.4 is 0 Å². The lowest BCUT2D eigenvalue weighted by Gasteiger charge is -2.06. The van der Waals surface area contributed by atoms with Gasteiger partial charge >= 0.3 is 0 Å². The molecule has 1 heterocycles. The largest absolute Gasteiger partial charge is 0.508 e. The molecule has 0 saturated carbocycles. The second-order valence-corrected chi connectivity index (χ2v) is 4.47. The molecule has 4 heteroatoms. The fourth-order valence-corrected chi connectivity index (χ4v) is 3.24. The van der Waals surface area contributed by atoms with Crippen LogP contribution in [0.3, 0.4) is 0 Å². The van der Waals surface area contributed by atoms with Crippen LogP contribution in [0.5, 0.6) is 5.75 Å². The zero-order valence-electron chi connectivity index (χ0n) is 7.33. The first kappa shape index (κ1) is 9.96. The van der Waals surface area contributed by atoms with Gasteiger partial charge in [-0.3, -0.25) is 0 Å². The Bertz CT molecular complexity index is 464. The van der Waals surface area contributed by atoms with E-state index in [1.54, 1.807) is 17.4 Å². The Morgan fingerprint density at radius 3 is 2.86 bits per heavy atom. The highest BCUT2D eigenvalue weighted by Crippen LogP contribution is 2.35. The van der Waals surface area contributed by atoms with E-state index < -0.39 is 0 Å². The topological polar surface area (TPSA) is 40.5 Å². The summed E-state index contributed by atoms with van der Waals surface area (Å²) in [6, 6.07) is 3.60. The second kappa shape index (κ2) is 3.88. The first-order valence-corrected chi connectivity index (χ1v) is 6.15. The number of hydrogen-bond acceptors (Lipinski definition) is 3. The van der Waals surface area contributed by atoms with Gasteiger partial charge < -0.3 is 10.2 Å². The van der Waals surface area contributed by atoms with Gasteiger partial charge in [0, 0.05) is 15.6 Å². The lowest BCUT2D eigenvalue weighted by Crippen LogP contribution is -1.87. The molecule has 0 saturated heterocycles. The van der Waals surface area contributed by atoms with E-state index in [9.17, 15) is 5.11 Å². The highest BCUT2D eigenvalue weighted by atomic mass is 79.9. The molecule has 0 fully saturated rings. The molecule has 0 spiro atoms. The van der Waals surface area contributed by atoms with Crippen LogP contribution in [-0.2, 0) is 11.9 Å². The number of hydrogen-bond donors (Lipinski definition) is 2. The number of thiophene rings is 1. The zero-order chi connectivity index (χ0) is 10.1. The van der Waals surface area contributed by atoms with Crippen LogP contribution in [0.2, 0.25) is 0 Å². The molecule has 0 aliphatic rings. The van der Waals surface area contributed by atoms with E-state index in [1.807, 2.05) is 11.4 Å². The van der Waals surface area contributed by atoms with Gasteiger partial charge in [0.2, 0.25) is 0 Å². The number of aliphatic hydroxyl groups excluding tert-OH is 1. The minimum absolute atomic E-state index is 0.0383. The van der Waals surface area contributed by atoms with E-state index in [2.05, 4.69) is 15.9 Å². The fourth-order valence-electron chi connectivity index (χ4n) is 1.50. The first-order valence-electron chi connectivity index (χ1n) is 4.15. The maximum Gasteiger partial charge on any atom is 0.121 e. The molecule has 1 aromatic carbocycles. The number of fused-ring (bicyclic) bond motifs is 1. The lowest BCUT2D eigenvalue weighted by atomic mass is 10.1. The SMILES string of the molecule is OCc1cc(O)c(CBr)c2sccc12. The molecular weight excluding hydrogens is 264 g/mol. The standard InChI is InChI=1S/C10H9BrO2S/c11-4-8-9(13)3-6(5-12)7-1-2-14-10(7)8/h1-3,12-13H,4-5H2. The molecule has 0 atom stereocenters. The van der Waals surface area contributed by atoms with Gasteiger partial charge in [0.25, 0.3) is 0 Å². The van der Waals surface area contributed by atoms with E-state index in [0.29, 0.717) is 5.33 Å². The summed E-state index contributed by atoms with van der Waals surface area (Å²) in [4.78, 5) is 0. The maximum atomic E-state index is 9.70. The van der Waals surface area contributed by atoms with Gasteiger partial charge in [-0.1, -0.05) is 15.9 Å². The van der Waals surface area contributed by atoms with E-state index in [-0.39, 0.29) is 12.4 Å². The van der Waals surface area contributed by atoms with Gasteiger partial charge in [-0.05, 0) is 28.5 Å². The Morgan fingerprint density at radius 2 is 2.21 bits per heavy atom. The van der Waals surface area contributed by atoms with Crippen LogP contribution in [0.1, 0.15) is 11.1 Å². The molecule has 0 radical (unpaired) electrons. The van der Waals surface area contributed by atoms with Gasteiger partial charge in [-0.15, -0.1) is 11.3 Å². The second-order valence-electron chi connectivity index (χ2n) is 2.99. The molecule has 0 amide bonds. The van der Waals surface area contributed by atoms with Crippen LogP contribution in [0, 0.1) is 0 Å². The normalized spacial score (nSPS) is 11.0. The summed E-state index contributed by atoms with van der Waals surface area (Å²) in [6.07, 6.45) is 0. The van der Waals surface area contributed by atoms with Crippen LogP contribution in [-0.4, -0.2) is 10.2 Å². The van der Waals surface area contributed by atoms with Crippen molar-refractivity contribution in [1.82, 2.24) is 0 Å². The minimum Gasteiger partial charge on any atom is -0.508 e. The van der Waals surface area contributed by atoms with Crippen molar-refractivity contribution in [2.45, 2.75) is 11.9 Å². The van der Waals surface area contributed by atoms with Crippen molar-refractivity contribution in [3.8, 4) is 5.75 Å². The molecule has 0 bridgehead atoms. The third-order valence-corrected chi connectivity index (χ3v) is 3.74. The highest BCUT2D eigenvalue weighted by molar-refractivity contribution is 9.08. The van der Waals surface area contributed by atoms with E-state index >= 15 is 0 Å². The first-order chi connectivity index (χ1) is 6.77. The number of phenols is 1. The predicted octanol–water partition coefficient (Wildman–Crippen LogP) is 2.99. The summed E-state index contributed by atoms with van der Waals surface area (Å²) in [5.41, 5.74) is 1.68. The lowest BCUT2D eigenvalue weighted by molar-refractivity contribution is 0.282. The Kier molecular flexibility index (Phi) is 2.76. The Balaban J connectivity index is 2.81. The Hall–Kier alpha value is -0.580. The number of halogens is 1. The van der Waals surface area contributed by atoms with Gasteiger partial charge in [0.15, 0.2) is 0 Å². The third-order valence-electron chi connectivity index (χ3n) is 2.21. The molecule has 2 aromatic rings. The van der Waals surface area contributed by atoms with E-state index in [1.165, 1.54) is 0 Å². The summed E-state index contributed by atoms with van der Waals surface area (Å²) >= 11 is 4.93. The fraction of sp³-hybridized carbons (Fsp3) is 0.200.